The third kappa shape index (κ3) is 5.61. The maximum atomic E-state index is 12.4. The summed E-state index contributed by atoms with van der Waals surface area (Å²) in [5.74, 6) is 1.66. The van der Waals surface area contributed by atoms with E-state index in [1.807, 2.05) is 25.7 Å². The number of anilines is 1. The molecule has 194 valence electrons. The van der Waals surface area contributed by atoms with Crippen LogP contribution < -0.4 is 9.64 Å². The number of nitrogens with zero attached hydrogens (tertiary/aromatic N) is 2. The Morgan fingerprint density at radius 2 is 1.57 bits per heavy atom. The van der Waals surface area contributed by atoms with Crippen molar-refractivity contribution in [3.8, 4) is 5.75 Å². The number of fused-ring (bicyclic) bond motifs is 1. The molecule has 0 spiro atoms. The molecule has 5 heteroatoms. The number of piperazine rings is 1. The van der Waals surface area contributed by atoms with Gasteiger partial charge in [0.1, 0.15) is 11.4 Å². The number of hydrogen-bond donors (Lipinski definition) is 0. The molecule has 1 aliphatic heterocycles. The SMILES string of the molecule is COc1ccc2c(c1)CC[C@H](c1ccccc1)C2c1ccc(N2CCN(C(=O)OC(C)(C)C)CC2)cc1. The Balaban J connectivity index is 1.36. The third-order valence-electron chi connectivity index (χ3n) is 7.59. The maximum Gasteiger partial charge on any atom is 0.410 e. The highest BCUT2D eigenvalue weighted by Crippen LogP contribution is 2.47. The number of aryl methyl sites for hydroxylation is 1. The summed E-state index contributed by atoms with van der Waals surface area (Å²) in [7, 11) is 1.74. The number of amides is 1. The first-order chi connectivity index (χ1) is 17.8. The Bertz CT molecular complexity index is 1210. The number of ether oxygens (including phenoxy) is 2. The molecule has 2 aliphatic rings. The number of carbonyl (C=O) groups excluding carboxylic acids is 1. The van der Waals surface area contributed by atoms with Gasteiger partial charge >= 0.3 is 6.09 Å². The smallest absolute Gasteiger partial charge is 0.410 e. The first kappa shape index (κ1) is 25.2. The average Bonchev–Trinajstić information content (AvgIpc) is 2.92. The summed E-state index contributed by atoms with van der Waals surface area (Å²) < 4.78 is 11.1. The second kappa shape index (κ2) is 10.5. The van der Waals surface area contributed by atoms with Crippen molar-refractivity contribution < 1.29 is 14.3 Å². The van der Waals surface area contributed by atoms with Crippen LogP contribution in [0, 0.1) is 0 Å². The van der Waals surface area contributed by atoms with Gasteiger partial charge in [0.25, 0.3) is 0 Å². The maximum absolute atomic E-state index is 12.4. The van der Waals surface area contributed by atoms with Gasteiger partial charge in [0.05, 0.1) is 7.11 Å². The van der Waals surface area contributed by atoms with Crippen LogP contribution in [0.3, 0.4) is 0 Å². The predicted octanol–water partition coefficient (Wildman–Crippen LogP) is 6.61. The van der Waals surface area contributed by atoms with Gasteiger partial charge < -0.3 is 19.3 Å². The number of carbonyl (C=O) groups is 1. The fourth-order valence-electron chi connectivity index (χ4n) is 5.76. The molecule has 0 N–H and O–H groups in total. The molecule has 5 nitrogen and oxygen atoms in total. The minimum atomic E-state index is -0.468. The molecule has 1 amide bonds. The molecular formula is C32H38N2O3. The fourth-order valence-corrected chi connectivity index (χ4v) is 5.76. The first-order valence-electron chi connectivity index (χ1n) is 13.4. The summed E-state index contributed by atoms with van der Waals surface area (Å²) in [5.41, 5.74) is 6.27. The van der Waals surface area contributed by atoms with E-state index in [1.54, 1.807) is 7.11 Å². The molecule has 1 fully saturated rings. The molecular weight excluding hydrogens is 460 g/mol. The van der Waals surface area contributed by atoms with Gasteiger partial charge in [-0.1, -0.05) is 48.5 Å². The standard InChI is InChI=1S/C32H38N2O3/c1-32(2,3)37-31(35)34-20-18-33(19-21-34)26-13-10-24(11-14-26)30-28(23-8-6-5-7-9-23)16-12-25-22-27(36-4)15-17-29(25)30/h5-11,13-15,17,22,28,30H,12,16,18-21H2,1-4H3/t28-,30?/m1/s1. The van der Waals surface area contributed by atoms with Crippen molar-refractivity contribution in [1.82, 2.24) is 4.90 Å². The van der Waals surface area contributed by atoms with Gasteiger partial charge in [-0.2, -0.15) is 0 Å². The Kier molecular flexibility index (Phi) is 7.14. The monoisotopic (exact) mass is 498 g/mol. The molecule has 0 bridgehead atoms. The normalized spacial score (nSPS) is 19.8. The van der Waals surface area contributed by atoms with Crippen LogP contribution in [0.25, 0.3) is 0 Å². The van der Waals surface area contributed by atoms with E-state index in [4.69, 9.17) is 9.47 Å². The van der Waals surface area contributed by atoms with Gasteiger partial charge in [0.15, 0.2) is 0 Å². The molecule has 5 rings (SSSR count). The van der Waals surface area contributed by atoms with Crippen LogP contribution in [0.15, 0.2) is 72.8 Å². The molecule has 1 aliphatic carbocycles. The van der Waals surface area contributed by atoms with Crippen molar-refractivity contribution in [2.45, 2.75) is 51.0 Å². The molecule has 1 unspecified atom stereocenters. The molecule has 0 radical (unpaired) electrons. The van der Waals surface area contributed by atoms with Crippen molar-refractivity contribution >= 4 is 11.8 Å². The average molecular weight is 499 g/mol. The van der Waals surface area contributed by atoms with Gasteiger partial charge in [-0.25, -0.2) is 4.79 Å². The number of rotatable bonds is 4. The topological polar surface area (TPSA) is 42.0 Å². The first-order valence-corrected chi connectivity index (χ1v) is 13.4. The summed E-state index contributed by atoms with van der Waals surface area (Å²) in [6, 6.07) is 26.6. The fraction of sp³-hybridized carbons (Fsp3) is 0.406. The van der Waals surface area contributed by atoms with E-state index in [-0.39, 0.29) is 6.09 Å². The molecule has 1 saturated heterocycles. The van der Waals surface area contributed by atoms with E-state index >= 15 is 0 Å². The Morgan fingerprint density at radius 1 is 0.865 bits per heavy atom. The highest BCUT2D eigenvalue weighted by molar-refractivity contribution is 5.68. The second-order valence-corrected chi connectivity index (χ2v) is 11.1. The largest absolute Gasteiger partial charge is 0.497 e. The van der Waals surface area contributed by atoms with E-state index in [2.05, 4.69) is 77.7 Å². The van der Waals surface area contributed by atoms with Crippen LogP contribution in [0.2, 0.25) is 0 Å². The second-order valence-electron chi connectivity index (χ2n) is 11.1. The molecule has 0 saturated carbocycles. The summed E-state index contributed by atoms with van der Waals surface area (Å²) >= 11 is 0. The Hall–Kier alpha value is -3.47. The van der Waals surface area contributed by atoms with Crippen molar-refractivity contribution in [2.24, 2.45) is 0 Å². The van der Waals surface area contributed by atoms with Crippen LogP contribution in [0.1, 0.15) is 61.3 Å². The zero-order chi connectivity index (χ0) is 26.0. The lowest BCUT2D eigenvalue weighted by Gasteiger charge is -2.37. The number of methoxy groups -OCH3 is 1. The van der Waals surface area contributed by atoms with E-state index in [1.165, 1.54) is 27.9 Å². The van der Waals surface area contributed by atoms with Gasteiger partial charge in [0.2, 0.25) is 0 Å². The molecule has 1 heterocycles. The highest BCUT2D eigenvalue weighted by atomic mass is 16.6. The van der Waals surface area contributed by atoms with Crippen molar-refractivity contribution in [1.29, 1.82) is 0 Å². The van der Waals surface area contributed by atoms with Gasteiger partial charge in [0, 0.05) is 37.8 Å². The van der Waals surface area contributed by atoms with E-state index in [0.29, 0.717) is 24.9 Å². The van der Waals surface area contributed by atoms with Crippen LogP contribution in [0.4, 0.5) is 10.5 Å². The Morgan fingerprint density at radius 3 is 2.22 bits per heavy atom. The minimum absolute atomic E-state index is 0.220. The molecule has 3 aromatic rings. The quantitative estimate of drug-likeness (QED) is 0.406. The van der Waals surface area contributed by atoms with Crippen LogP contribution in [-0.2, 0) is 11.2 Å². The lowest BCUT2D eigenvalue weighted by atomic mass is 9.69. The van der Waals surface area contributed by atoms with Crippen LogP contribution in [0.5, 0.6) is 5.75 Å². The Labute approximate surface area is 221 Å². The highest BCUT2D eigenvalue weighted by Gasteiger charge is 2.32. The summed E-state index contributed by atoms with van der Waals surface area (Å²) in [5, 5.41) is 0. The molecule has 0 aromatic heterocycles. The van der Waals surface area contributed by atoms with Crippen molar-refractivity contribution in [3.63, 3.8) is 0 Å². The molecule has 3 aromatic carbocycles. The number of benzene rings is 3. The zero-order valence-electron chi connectivity index (χ0n) is 22.4. The zero-order valence-corrected chi connectivity index (χ0v) is 22.4. The van der Waals surface area contributed by atoms with E-state index in [0.717, 1.165) is 31.7 Å². The van der Waals surface area contributed by atoms with Crippen molar-refractivity contribution in [2.75, 3.05) is 38.2 Å². The summed E-state index contributed by atoms with van der Waals surface area (Å²) in [4.78, 5) is 16.6. The lowest BCUT2D eigenvalue weighted by molar-refractivity contribution is 0.0240. The van der Waals surface area contributed by atoms with E-state index < -0.39 is 5.60 Å². The van der Waals surface area contributed by atoms with Gasteiger partial charge in [-0.05, 0) is 86.1 Å². The van der Waals surface area contributed by atoms with Crippen LogP contribution >= 0.6 is 0 Å². The summed E-state index contributed by atoms with van der Waals surface area (Å²) in [6.45, 7) is 8.68. The summed E-state index contributed by atoms with van der Waals surface area (Å²) in [6.07, 6.45) is 1.95. The molecule has 2 atom stereocenters. The predicted molar refractivity (Wildman–Crippen MR) is 149 cm³/mol. The molecule has 37 heavy (non-hydrogen) atoms. The van der Waals surface area contributed by atoms with Gasteiger partial charge in [-0.3, -0.25) is 0 Å². The third-order valence-corrected chi connectivity index (χ3v) is 7.59. The minimum Gasteiger partial charge on any atom is -0.497 e. The number of hydrogen-bond acceptors (Lipinski definition) is 4. The van der Waals surface area contributed by atoms with Crippen molar-refractivity contribution in [3.05, 3.63) is 95.1 Å². The van der Waals surface area contributed by atoms with Crippen LogP contribution in [-0.4, -0.2) is 49.9 Å². The lowest BCUT2D eigenvalue weighted by Crippen LogP contribution is -2.50. The van der Waals surface area contributed by atoms with E-state index in [9.17, 15) is 4.79 Å². The van der Waals surface area contributed by atoms with Gasteiger partial charge in [-0.15, -0.1) is 0 Å².